The van der Waals surface area contributed by atoms with Crippen molar-refractivity contribution in [3.63, 3.8) is 0 Å². The molecule has 0 aliphatic rings. The minimum absolute atomic E-state index is 0.0483. The van der Waals surface area contributed by atoms with Gasteiger partial charge in [0.05, 0.1) is 0 Å². The summed E-state index contributed by atoms with van der Waals surface area (Å²) in [5.74, 6) is 0.116. The smallest absolute Gasteiger partial charge is 0.387 e. The van der Waals surface area contributed by atoms with E-state index in [1.807, 2.05) is 0 Å². The Hall–Kier alpha value is -1.84. The Balaban J connectivity index is 2.61. The molecule has 78 valence electrons. The number of alkyl halides is 2. The van der Waals surface area contributed by atoms with Gasteiger partial charge in [0, 0.05) is 10.8 Å². The molecule has 0 unspecified atom stereocenters. The summed E-state index contributed by atoms with van der Waals surface area (Å²) in [7, 11) is 0. The van der Waals surface area contributed by atoms with Gasteiger partial charge in [0.25, 0.3) is 0 Å². The van der Waals surface area contributed by atoms with E-state index >= 15 is 0 Å². The fraction of sp³-hybridized carbons (Fsp3) is 0.0909. The van der Waals surface area contributed by atoms with Crippen LogP contribution in [0.2, 0.25) is 0 Å². The van der Waals surface area contributed by atoms with Crippen molar-refractivity contribution in [3.05, 3.63) is 36.4 Å². The molecule has 0 bridgehead atoms. The van der Waals surface area contributed by atoms with E-state index in [1.165, 1.54) is 12.1 Å². The Bertz CT molecular complexity index is 483. The SMILES string of the molecule is Oc1cccc2c(OC(F)F)cccc12. The number of rotatable bonds is 2. The summed E-state index contributed by atoms with van der Waals surface area (Å²) in [6, 6.07) is 9.33. The number of hydrogen-bond donors (Lipinski definition) is 1. The van der Waals surface area contributed by atoms with Crippen molar-refractivity contribution in [2.24, 2.45) is 0 Å². The molecule has 2 aromatic carbocycles. The first-order valence-corrected chi connectivity index (χ1v) is 4.34. The molecule has 0 saturated heterocycles. The van der Waals surface area contributed by atoms with Gasteiger partial charge in [0.2, 0.25) is 0 Å². The van der Waals surface area contributed by atoms with E-state index in [0.717, 1.165) is 0 Å². The minimum atomic E-state index is -2.86. The molecule has 0 atom stereocenters. The maximum atomic E-state index is 12.1. The fourth-order valence-electron chi connectivity index (χ4n) is 1.46. The Labute approximate surface area is 84.7 Å². The lowest BCUT2D eigenvalue weighted by Crippen LogP contribution is -2.02. The molecule has 0 saturated carbocycles. The number of fused-ring (bicyclic) bond motifs is 1. The van der Waals surface area contributed by atoms with Crippen LogP contribution in [-0.2, 0) is 0 Å². The predicted octanol–water partition coefficient (Wildman–Crippen LogP) is 3.15. The van der Waals surface area contributed by atoms with Gasteiger partial charge in [0.1, 0.15) is 11.5 Å². The summed E-state index contributed by atoms with van der Waals surface area (Å²) in [5.41, 5.74) is 0. The monoisotopic (exact) mass is 210 g/mol. The third kappa shape index (κ3) is 1.83. The van der Waals surface area contributed by atoms with Crippen LogP contribution in [0.15, 0.2) is 36.4 Å². The van der Waals surface area contributed by atoms with Crippen molar-refractivity contribution in [3.8, 4) is 11.5 Å². The third-order valence-corrected chi connectivity index (χ3v) is 2.08. The van der Waals surface area contributed by atoms with Gasteiger partial charge in [-0.15, -0.1) is 0 Å². The quantitative estimate of drug-likeness (QED) is 0.825. The molecule has 2 nitrogen and oxygen atoms in total. The Morgan fingerprint density at radius 3 is 2.40 bits per heavy atom. The van der Waals surface area contributed by atoms with Crippen molar-refractivity contribution in [1.82, 2.24) is 0 Å². The van der Waals surface area contributed by atoms with Crippen LogP contribution < -0.4 is 4.74 Å². The highest BCUT2D eigenvalue weighted by atomic mass is 19.3. The largest absolute Gasteiger partial charge is 0.507 e. The molecule has 0 spiro atoms. The van der Waals surface area contributed by atoms with E-state index in [4.69, 9.17) is 0 Å². The number of halogens is 2. The molecule has 15 heavy (non-hydrogen) atoms. The lowest BCUT2D eigenvalue weighted by Gasteiger charge is -2.08. The van der Waals surface area contributed by atoms with Crippen LogP contribution in [-0.4, -0.2) is 11.7 Å². The molecule has 0 radical (unpaired) electrons. The summed E-state index contributed by atoms with van der Waals surface area (Å²) in [6.07, 6.45) is 0. The average molecular weight is 210 g/mol. The molecule has 0 aromatic heterocycles. The lowest BCUT2D eigenvalue weighted by atomic mass is 10.1. The van der Waals surface area contributed by atoms with Crippen molar-refractivity contribution in [1.29, 1.82) is 0 Å². The number of phenolic OH excluding ortho intramolecular Hbond substituents is 1. The predicted molar refractivity (Wildman–Crippen MR) is 52.2 cm³/mol. The van der Waals surface area contributed by atoms with Crippen LogP contribution >= 0.6 is 0 Å². The summed E-state index contributed by atoms with van der Waals surface area (Å²) >= 11 is 0. The van der Waals surface area contributed by atoms with Crippen LogP contribution in [0.1, 0.15) is 0 Å². The van der Waals surface area contributed by atoms with Gasteiger partial charge >= 0.3 is 6.61 Å². The fourth-order valence-corrected chi connectivity index (χ4v) is 1.46. The minimum Gasteiger partial charge on any atom is -0.507 e. The maximum absolute atomic E-state index is 12.1. The van der Waals surface area contributed by atoms with Crippen LogP contribution in [0.25, 0.3) is 10.8 Å². The van der Waals surface area contributed by atoms with Gasteiger partial charge < -0.3 is 9.84 Å². The van der Waals surface area contributed by atoms with E-state index < -0.39 is 6.61 Å². The number of benzene rings is 2. The number of aromatic hydroxyl groups is 1. The highest BCUT2D eigenvalue weighted by molar-refractivity contribution is 5.92. The van der Waals surface area contributed by atoms with Crippen molar-refractivity contribution in [2.45, 2.75) is 6.61 Å². The Morgan fingerprint density at radius 2 is 1.67 bits per heavy atom. The zero-order valence-electron chi connectivity index (χ0n) is 7.65. The number of phenols is 1. The first kappa shape index (κ1) is 9.71. The molecule has 1 N–H and O–H groups in total. The molecule has 0 fully saturated rings. The van der Waals surface area contributed by atoms with Crippen molar-refractivity contribution >= 4 is 10.8 Å². The first-order chi connectivity index (χ1) is 7.18. The van der Waals surface area contributed by atoms with Gasteiger partial charge in [0.15, 0.2) is 0 Å². The molecule has 0 heterocycles. The topological polar surface area (TPSA) is 29.5 Å². The summed E-state index contributed by atoms with van der Waals surface area (Å²) in [4.78, 5) is 0. The van der Waals surface area contributed by atoms with E-state index in [-0.39, 0.29) is 11.5 Å². The maximum Gasteiger partial charge on any atom is 0.387 e. The Morgan fingerprint density at radius 1 is 1.00 bits per heavy atom. The van der Waals surface area contributed by atoms with Gasteiger partial charge in [-0.1, -0.05) is 24.3 Å². The van der Waals surface area contributed by atoms with Crippen LogP contribution in [0.4, 0.5) is 8.78 Å². The second kappa shape index (κ2) is 3.73. The zero-order valence-corrected chi connectivity index (χ0v) is 7.65. The summed E-state index contributed by atoms with van der Waals surface area (Å²) < 4.78 is 28.5. The van der Waals surface area contributed by atoms with Gasteiger partial charge in [-0.2, -0.15) is 8.78 Å². The van der Waals surface area contributed by atoms with E-state index in [1.54, 1.807) is 24.3 Å². The van der Waals surface area contributed by atoms with Crippen LogP contribution in [0.5, 0.6) is 11.5 Å². The Kier molecular flexibility index (Phi) is 2.41. The van der Waals surface area contributed by atoms with Crippen LogP contribution in [0.3, 0.4) is 0 Å². The molecule has 2 rings (SSSR count). The summed E-state index contributed by atoms with van der Waals surface area (Å²) in [6.45, 7) is -2.86. The van der Waals surface area contributed by atoms with Gasteiger partial charge in [-0.3, -0.25) is 0 Å². The van der Waals surface area contributed by atoms with Crippen LogP contribution in [0, 0.1) is 0 Å². The third-order valence-electron chi connectivity index (χ3n) is 2.08. The number of ether oxygens (including phenoxy) is 1. The van der Waals surface area contributed by atoms with Gasteiger partial charge in [-0.25, -0.2) is 0 Å². The zero-order chi connectivity index (χ0) is 10.8. The molecular formula is C11H8F2O2. The standard InChI is InChI=1S/C11H8F2O2/c12-11(13)15-10-6-2-3-7-8(10)4-1-5-9(7)14/h1-6,11,14H. The normalized spacial score (nSPS) is 10.9. The molecular weight excluding hydrogens is 202 g/mol. The second-order valence-corrected chi connectivity index (χ2v) is 3.01. The molecule has 0 amide bonds. The molecule has 0 aliphatic heterocycles. The molecule has 0 aliphatic carbocycles. The van der Waals surface area contributed by atoms with E-state index in [9.17, 15) is 13.9 Å². The highest BCUT2D eigenvalue weighted by Gasteiger charge is 2.09. The lowest BCUT2D eigenvalue weighted by molar-refractivity contribution is -0.0488. The van der Waals surface area contributed by atoms with Gasteiger partial charge in [-0.05, 0) is 12.1 Å². The second-order valence-electron chi connectivity index (χ2n) is 3.01. The first-order valence-electron chi connectivity index (χ1n) is 4.34. The van der Waals surface area contributed by atoms with Crippen molar-refractivity contribution in [2.75, 3.05) is 0 Å². The van der Waals surface area contributed by atoms with E-state index in [2.05, 4.69) is 4.74 Å². The average Bonchev–Trinajstić information content (AvgIpc) is 2.19. The van der Waals surface area contributed by atoms with E-state index in [0.29, 0.717) is 10.8 Å². The highest BCUT2D eigenvalue weighted by Crippen LogP contribution is 2.31. The van der Waals surface area contributed by atoms with Crippen molar-refractivity contribution < 1.29 is 18.6 Å². The summed E-state index contributed by atoms with van der Waals surface area (Å²) in [5, 5.41) is 10.5. The molecule has 2 aromatic rings. The number of hydrogen-bond acceptors (Lipinski definition) is 2. The molecule has 4 heteroatoms.